The second-order valence-corrected chi connectivity index (χ2v) is 5.78. The van der Waals surface area contributed by atoms with Gasteiger partial charge in [0.25, 0.3) is 5.91 Å². The molecule has 2 rings (SSSR count). The topological polar surface area (TPSA) is 47.6 Å². The Balaban J connectivity index is 1.94. The van der Waals surface area contributed by atoms with E-state index in [-0.39, 0.29) is 12.0 Å². The van der Waals surface area contributed by atoms with Gasteiger partial charge in [0, 0.05) is 5.69 Å². The molecule has 2 aromatic rings. The molecule has 0 aliphatic carbocycles. The van der Waals surface area contributed by atoms with Crippen molar-refractivity contribution in [2.24, 2.45) is 0 Å². The van der Waals surface area contributed by atoms with Crippen LogP contribution in [-0.4, -0.2) is 18.1 Å². The molecule has 0 bridgehead atoms. The zero-order chi connectivity index (χ0) is 16.8. The summed E-state index contributed by atoms with van der Waals surface area (Å²) in [7, 11) is 0. The molecule has 1 N–H and O–H groups in total. The molecule has 23 heavy (non-hydrogen) atoms. The molecule has 0 fully saturated rings. The fraction of sp³-hybridized carbons (Fsp3) is 0.278. The van der Waals surface area contributed by atoms with Crippen molar-refractivity contribution in [3.8, 4) is 11.5 Å². The second kappa shape index (κ2) is 7.88. The highest BCUT2D eigenvalue weighted by Crippen LogP contribution is 2.24. The van der Waals surface area contributed by atoms with Crippen LogP contribution < -0.4 is 14.8 Å². The van der Waals surface area contributed by atoms with E-state index in [4.69, 9.17) is 21.1 Å². The summed E-state index contributed by atoms with van der Waals surface area (Å²) in [5.74, 6) is 0.998. The lowest BCUT2D eigenvalue weighted by Gasteiger charge is -2.16. The molecule has 0 heterocycles. The van der Waals surface area contributed by atoms with Crippen LogP contribution in [0.3, 0.4) is 0 Å². The summed E-state index contributed by atoms with van der Waals surface area (Å²) in [6.07, 6.45) is -0.555. The van der Waals surface area contributed by atoms with E-state index < -0.39 is 6.10 Å². The Morgan fingerprint density at radius 1 is 1.00 bits per heavy atom. The molecule has 0 spiro atoms. The Hall–Kier alpha value is -2.20. The van der Waals surface area contributed by atoms with Gasteiger partial charge in [-0.3, -0.25) is 4.79 Å². The van der Waals surface area contributed by atoms with E-state index >= 15 is 0 Å². The van der Waals surface area contributed by atoms with Crippen LogP contribution in [0.1, 0.15) is 20.8 Å². The summed E-state index contributed by atoms with van der Waals surface area (Å²) in [4.78, 5) is 12.2. The molecule has 5 heteroatoms. The minimum atomic E-state index is -0.665. The first-order valence-electron chi connectivity index (χ1n) is 7.44. The average molecular weight is 334 g/mol. The van der Waals surface area contributed by atoms with Gasteiger partial charge in [0.1, 0.15) is 11.5 Å². The maximum atomic E-state index is 12.2. The molecule has 0 radical (unpaired) electrons. The van der Waals surface area contributed by atoms with Gasteiger partial charge in [0.2, 0.25) is 0 Å². The summed E-state index contributed by atoms with van der Waals surface area (Å²) in [5, 5.41) is 3.27. The van der Waals surface area contributed by atoms with Gasteiger partial charge >= 0.3 is 0 Å². The molecule has 1 atom stereocenters. The number of halogens is 1. The summed E-state index contributed by atoms with van der Waals surface area (Å²) in [6.45, 7) is 5.60. The predicted molar refractivity (Wildman–Crippen MR) is 92.4 cm³/mol. The lowest BCUT2D eigenvalue weighted by atomic mass is 10.2. The van der Waals surface area contributed by atoms with E-state index in [1.807, 2.05) is 26.0 Å². The van der Waals surface area contributed by atoms with E-state index in [9.17, 15) is 4.79 Å². The summed E-state index contributed by atoms with van der Waals surface area (Å²) in [6, 6.07) is 14.3. The molecular weight excluding hydrogens is 314 g/mol. The van der Waals surface area contributed by atoms with E-state index in [0.717, 1.165) is 5.75 Å². The largest absolute Gasteiger partial charge is 0.491 e. The third-order valence-electron chi connectivity index (χ3n) is 3.00. The first-order valence-corrected chi connectivity index (χ1v) is 7.82. The van der Waals surface area contributed by atoms with Crippen molar-refractivity contribution >= 4 is 23.2 Å². The molecule has 0 saturated carbocycles. The van der Waals surface area contributed by atoms with E-state index in [1.54, 1.807) is 43.3 Å². The zero-order valence-electron chi connectivity index (χ0n) is 13.4. The molecule has 0 unspecified atom stereocenters. The van der Waals surface area contributed by atoms with Crippen LogP contribution in [0.4, 0.5) is 5.69 Å². The fourth-order valence-electron chi connectivity index (χ4n) is 1.92. The maximum Gasteiger partial charge on any atom is 0.265 e. The molecule has 1 amide bonds. The summed E-state index contributed by atoms with van der Waals surface area (Å²) in [5.41, 5.74) is 0.681. The number of carbonyl (C=O) groups excluding carboxylic acids is 1. The van der Waals surface area contributed by atoms with Crippen LogP contribution in [-0.2, 0) is 4.79 Å². The highest BCUT2D eigenvalue weighted by atomic mass is 35.5. The molecule has 0 aliphatic heterocycles. The van der Waals surface area contributed by atoms with Crippen LogP contribution in [0.25, 0.3) is 0 Å². The highest BCUT2D eigenvalue weighted by molar-refractivity contribution is 6.32. The minimum absolute atomic E-state index is 0.111. The van der Waals surface area contributed by atoms with Gasteiger partial charge in [-0.2, -0.15) is 0 Å². The molecule has 4 nitrogen and oxygen atoms in total. The van der Waals surface area contributed by atoms with Crippen LogP contribution in [0, 0.1) is 0 Å². The van der Waals surface area contributed by atoms with Crippen molar-refractivity contribution < 1.29 is 14.3 Å². The number of ether oxygens (including phenoxy) is 2. The lowest BCUT2D eigenvalue weighted by molar-refractivity contribution is -0.122. The van der Waals surface area contributed by atoms with Crippen molar-refractivity contribution in [2.75, 3.05) is 5.32 Å². The SMILES string of the molecule is CC(C)Oc1ccc(NC(=O)[C@@H](C)Oc2ccccc2Cl)cc1. The Morgan fingerprint density at radius 2 is 1.65 bits per heavy atom. The molecule has 0 aliphatic rings. The van der Waals surface area contributed by atoms with Crippen LogP contribution in [0.5, 0.6) is 11.5 Å². The molecule has 2 aromatic carbocycles. The Bertz CT molecular complexity index is 656. The fourth-order valence-corrected chi connectivity index (χ4v) is 2.10. The van der Waals surface area contributed by atoms with Crippen LogP contribution in [0.2, 0.25) is 5.02 Å². The smallest absolute Gasteiger partial charge is 0.265 e. The molecule has 0 saturated heterocycles. The number of para-hydroxylation sites is 1. The standard InChI is InChI=1S/C18H20ClNO3/c1-12(2)22-15-10-8-14(9-11-15)20-18(21)13(3)23-17-7-5-4-6-16(17)19/h4-13H,1-3H3,(H,20,21)/t13-/m1/s1. The maximum absolute atomic E-state index is 12.2. The number of rotatable bonds is 6. The van der Waals surface area contributed by atoms with Crippen LogP contribution >= 0.6 is 11.6 Å². The number of hydrogen-bond donors (Lipinski definition) is 1. The van der Waals surface area contributed by atoms with Gasteiger partial charge in [-0.25, -0.2) is 0 Å². The average Bonchev–Trinajstić information content (AvgIpc) is 2.51. The van der Waals surface area contributed by atoms with Gasteiger partial charge in [0.05, 0.1) is 11.1 Å². The number of hydrogen-bond acceptors (Lipinski definition) is 3. The lowest BCUT2D eigenvalue weighted by Crippen LogP contribution is -2.30. The zero-order valence-corrected chi connectivity index (χ0v) is 14.1. The van der Waals surface area contributed by atoms with E-state index in [2.05, 4.69) is 5.32 Å². The normalized spacial score (nSPS) is 11.9. The van der Waals surface area contributed by atoms with Crippen molar-refractivity contribution in [1.82, 2.24) is 0 Å². The van der Waals surface area contributed by atoms with Gasteiger partial charge in [-0.05, 0) is 57.2 Å². The quantitative estimate of drug-likeness (QED) is 0.844. The Kier molecular flexibility index (Phi) is 5.88. The number of anilines is 1. The van der Waals surface area contributed by atoms with E-state index in [1.165, 1.54) is 0 Å². The van der Waals surface area contributed by atoms with Crippen molar-refractivity contribution in [2.45, 2.75) is 33.0 Å². The van der Waals surface area contributed by atoms with Crippen molar-refractivity contribution in [3.05, 3.63) is 53.6 Å². The number of benzene rings is 2. The van der Waals surface area contributed by atoms with Crippen molar-refractivity contribution in [1.29, 1.82) is 0 Å². The van der Waals surface area contributed by atoms with E-state index in [0.29, 0.717) is 16.5 Å². The Morgan fingerprint density at radius 3 is 2.26 bits per heavy atom. The van der Waals surface area contributed by atoms with Gasteiger partial charge in [-0.1, -0.05) is 23.7 Å². The molecule has 0 aromatic heterocycles. The molecule has 122 valence electrons. The number of carbonyl (C=O) groups is 1. The summed E-state index contributed by atoms with van der Waals surface area (Å²) >= 11 is 6.02. The predicted octanol–water partition coefficient (Wildman–Crippen LogP) is 4.53. The van der Waals surface area contributed by atoms with Crippen LogP contribution in [0.15, 0.2) is 48.5 Å². The first kappa shape index (κ1) is 17.2. The number of nitrogens with one attached hydrogen (secondary N) is 1. The second-order valence-electron chi connectivity index (χ2n) is 5.37. The highest BCUT2D eigenvalue weighted by Gasteiger charge is 2.16. The molecular formula is C18H20ClNO3. The van der Waals surface area contributed by atoms with Gasteiger partial charge in [0.15, 0.2) is 6.10 Å². The Labute approximate surface area is 141 Å². The third kappa shape index (κ3) is 5.18. The number of amides is 1. The van der Waals surface area contributed by atoms with Crippen molar-refractivity contribution in [3.63, 3.8) is 0 Å². The van der Waals surface area contributed by atoms with Gasteiger partial charge < -0.3 is 14.8 Å². The monoisotopic (exact) mass is 333 g/mol. The summed E-state index contributed by atoms with van der Waals surface area (Å²) < 4.78 is 11.1. The minimum Gasteiger partial charge on any atom is -0.491 e. The first-order chi connectivity index (χ1) is 11.0. The van der Waals surface area contributed by atoms with Gasteiger partial charge in [-0.15, -0.1) is 0 Å². The third-order valence-corrected chi connectivity index (χ3v) is 3.32.